The smallest absolute Gasteiger partial charge is 0.137 e. The summed E-state index contributed by atoms with van der Waals surface area (Å²) in [6.45, 7) is 5.84. The van der Waals surface area contributed by atoms with Gasteiger partial charge in [-0.05, 0) is 26.0 Å². The molecule has 2 N–H and O–H groups in total. The van der Waals surface area contributed by atoms with E-state index in [1.165, 1.54) is 0 Å². The third-order valence-electron chi connectivity index (χ3n) is 2.55. The Bertz CT molecular complexity index is 429. The molecule has 0 heterocycles. The van der Waals surface area contributed by atoms with E-state index in [1.807, 2.05) is 13.8 Å². The summed E-state index contributed by atoms with van der Waals surface area (Å²) in [7, 11) is 0. The van der Waals surface area contributed by atoms with Crippen LogP contribution in [-0.2, 0) is 4.74 Å². The number of nitriles is 1. The van der Waals surface area contributed by atoms with Gasteiger partial charge in [0.05, 0.1) is 18.3 Å². The maximum absolute atomic E-state index is 9.77. The maximum atomic E-state index is 9.77. The number of ether oxygens (including phenoxy) is 2. The molecule has 5 heteroatoms. The summed E-state index contributed by atoms with van der Waals surface area (Å²) < 4.78 is 10.8. The molecule has 0 aliphatic heterocycles. The van der Waals surface area contributed by atoms with E-state index in [0.717, 1.165) is 0 Å². The van der Waals surface area contributed by atoms with Crippen molar-refractivity contribution >= 4 is 0 Å². The highest BCUT2D eigenvalue weighted by Gasteiger charge is 2.07. The van der Waals surface area contributed by atoms with Gasteiger partial charge in [-0.3, -0.25) is 0 Å². The number of nitrogens with one attached hydrogen (secondary N) is 1. The van der Waals surface area contributed by atoms with Gasteiger partial charge in [-0.2, -0.15) is 5.26 Å². The van der Waals surface area contributed by atoms with Crippen LogP contribution in [0.4, 0.5) is 0 Å². The SMILES string of the molecule is CC(C)OCCNCC(O)COc1ccccc1C#N. The van der Waals surface area contributed by atoms with E-state index in [2.05, 4.69) is 11.4 Å². The number of nitrogens with zero attached hydrogens (tertiary/aromatic N) is 1. The normalized spacial score (nSPS) is 12.2. The van der Waals surface area contributed by atoms with E-state index < -0.39 is 6.10 Å². The van der Waals surface area contributed by atoms with Gasteiger partial charge in [0.15, 0.2) is 0 Å². The Hall–Kier alpha value is -1.61. The highest BCUT2D eigenvalue weighted by Crippen LogP contribution is 2.16. The van der Waals surface area contributed by atoms with Crippen molar-refractivity contribution in [2.45, 2.75) is 26.1 Å². The summed E-state index contributed by atoms with van der Waals surface area (Å²) in [5.41, 5.74) is 0.470. The lowest BCUT2D eigenvalue weighted by Gasteiger charge is -2.14. The van der Waals surface area contributed by atoms with Gasteiger partial charge in [-0.15, -0.1) is 0 Å². The highest BCUT2D eigenvalue weighted by molar-refractivity contribution is 5.42. The lowest BCUT2D eigenvalue weighted by molar-refractivity contribution is 0.0735. The van der Waals surface area contributed by atoms with Gasteiger partial charge in [0.2, 0.25) is 0 Å². The monoisotopic (exact) mass is 278 g/mol. The molecule has 5 nitrogen and oxygen atoms in total. The van der Waals surface area contributed by atoms with Crippen LogP contribution in [0.15, 0.2) is 24.3 Å². The third kappa shape index (κ3) is 6.53. The minimum atomic E-state index is -0.624. The molecule has 0 saturated carbocycles. The van der Waals surface area contributed by atoms with E-state index in [-0.39, 0.29) is 12.7 Å². The second-order valence-corrected chi connectivity index (χ2v) is 4.70. The Kier molecular flexibility index (Phi) is 7.66. The van der Waals surface area contributed by atoms with Crippen molar-refractivity contribution < 1.29 is 14.6 Å². The van der Waals surface area contributed by atoms with Crippen LogP contribution in [0.3, 0.4) is 0 Å². The van der Waals surface area contributed by atoms with Crippen LogP contribution in [0.25, 0.3) is 0 Å². The van der Waals surface area contributed by atoms with E-state index in [4.69, 9.17) is 14.7 Å². The second-order valence-electron chi connectivity index (χ2n) is 4.70. The van der Waals surface area contributed by atoms with Gasteiger partial charge in [-0.1, -0.05) is 12.1 Å². The zero-order chi connectivity index (χ0) is 14.8. The molecule has 0 saturated heterocycles. The molecule has 0 radical (unpaired) electrons. The molecular formula is C15H22N2O3. The summed E-state index contributed by atoms with van der Waals surface area (Å²) in [4.78, 5) is 0. The average molecular weight is 278 g/mol. The number of aliphatic hydroxyl groups excluding tert-OH is 1. The predicted octanol–water partition coefficient (Wildman–Crippen LogP) is 1.31. The van der Waals surface area contributed by atoms with Crippen molar-refractivity contribution in [2.75, 3.05) is 26.3 Å². The minimum Gasteiger partial charge on any atom is -0.489 e. The average Bonchev–Trinajstić information content (AvgIpc) is 2.44. The first-order chi connectivity index (χ1) is 9.63. The largest absolute Gasteiger partial charge is 0.489 e. The third-order valence-corrected chi connectivity index (χ3v) is 2.55. The zero-order valence-electron chi connectivity index (χ0n) is 12.0. The van der Waals surface area contributed by atoms with Crippen molar-refractivity contribution in [2.24, 2.45) is 0 Å². The van der Waals surface area contributed by atoms with Crippen LogP contribution in [0.5, 0.6) is 5.75 Å². The van der Waals surface area contributed by atoms with Crippen LogP contribution in [-0.4, -0.2) is 43.6 Å². The fraction of sp³-hybridized carbons (Fsp3) is 0.533. The Morgan fingerprint density at radius 2 is 2.10 bits per heavy atom. The van der Waals surface area contributed by atoms with Crippen molar-refractivity contribution in [3.05, 3.63) is 29.8 Å². The molecular weight excluding hydrogens is 256 g/mol. The quantitative estimate of drug-likeness (QED) is 0.666. The van der Waals surface area contributed by atoms with Crippen LogP contribution < -0.4 is 10.1 Å². The first kappa shape index (κ1) is 16.4. The topological polar surface area (TPSA) is 74.5 Å². The van der Waals surface area contributed by atoms with Crippen molar-refractivity contribution in [1.82, 2.24) is 5.32 Å². The predicted molar refractivity (Wildman–Crippen MR) is 76.6 cm³/mol. The molecule has 20 heavy (non-hydrogen) atoms. The van der Waals surface area contributed by atoms with Gasteiger partial charge < -0.3 is 19.9 Å². The number of para-hydroxylation sites is 1. The molecule has 0 amide bonds. The first-order valence-electron chi connectivity index (χ1n) is 6.75. The molecule has 1 atom stereocenters. The molecule has 0 spiro atoms. The molecule has 110 valence electrons. The fourth-order valence-electron chi connectivity index (χ4n) is 1.57. The lowest BCUT2D eigenvalue weighted by Crippen LogP contribution is -2.33. The standard InChI is InChI=1S/C15H22N2O3/c1-12(2)19-8-7-17-10-14(18)11-20-15-6-4-3-5-13(15)9-16/h3-6,12,14,17-18H,7-8,10-11H2,1-2H3. The maximum Gasteiger partial charge on any atom is 0.137 e. The fourth-order valence-corrected chi connectivity index (χ4v) is 1.57. The van der Waals surface area contributed by atoms with E-state index >= 15 is 0 Å². The molecule has 1 aromatic rings. The molecule has 0 bridgehead atoms. The van der Waals surface area contributed by atoms with E-state index in [9.17, 15) is 5.11 Å². The Labute approximate surface area is 120 Å². The summed E-state index contributed by atoms with van der Waals surface area (Å²) in [6, 6.07) is 9.02. The van der Waals surface area contributed by atoms with Crippen LogP contribution in [0.2, 0.25) is 0 Å². The van der Waals surface area contributed by atoms with Crippen molar-refractivity contribution in [1.29, 1.82) is 5.26 Å². The zero-order valence-corrected chi connectivity index (χ0v) is 12.0. The van der Waals surface area contributed by atoms with Gasteiger partial charge in [0.1, 0.15) is 24.5 Å². The number of rotatable bonds is 9. The second kappa shape index (κ2) is 9.32. The lowest BCUT2D eigenvalue weighted by atomic mass is 10.2. The highest BCUT2D eigenvalue weighted by atomic mass is 16.5. The first-order valence-corrected chi connectivity index (χ1v) is 6.75. The molecule has 1 aromatic carbocycles. The minimum absolute atomic E-state index is 0.150. The molecule has 0 aromatic heterocycles. The summed E-state index contributed by atoms with van der Waals surface area (Å²) >= 11 is 0. The molecule has 0 aliphatic carbocycles. The molecule has 1 unspecified atom stereocenters. The summed E-state index contributed by atoms with van der Waals surface area (Å²) in [6.07, 6.45) is -0.409. The van der Waals surface area contributed by atoms with Crippen LogP contribution in [0.1, 0.15) is 19.4 Å². The van der Waals surface area contributed by atoms with Gasteiger partial charge >= 0.3 is 0 Å². The van der Waals surface area contributed by atoms with Crippen LogP contribution >= 0.6 is 0 Å². The van der Waals surface area contributed by atoms with E-state index in [1.54, 1.807) is 24.3 Å². The van der Waals surface area contributed by atoms with E-state index in [0.29, 0.717) is 31.0 Å². The number of hydrogen-bond acceptors (Lipinski definition) is 5. The van der Waals surface area contributed by atoms with Crippen molar-refractivity contribution in [3.63, 3.8) is 0 Å². The Balaban J connectivity index is 2.20. The van der Waals surface area contributed by atoms with Gasteiger partial charge in [0.25, 0.3) is 0 Å². The summed E-state index contributed by atoms with van der Waals surface area (Å²) in [5, 5.41) is 21.8. The van der Waals surface area contributed by atoms with Gasteiger partial charge in [0, 0.05) is 13.1 Å². The molecule has 0 aliphatic rings. The molecule has 0 fully saturated rings. The van der Waals surface area contributed by atoms with Crippen LogP contribution in [0, 0.1) is 11.3 Å². The van der Waals surface area contributed by atoms with Gasteiger partial charge in [-0.25, -0.2) is 0 Å². The Morgan fingerprint density at radius 1 is 1.35 bits per heavy atom. The van der Waals surface area contributed by atoms with Crippen molar-refractivity contribution in [3.8, 4) is 11.8 Å². The number of hydrogen-bond donors (Lipinski definition) is 2. The molecule has 1 rings (SSSR count). The number of aliphatic hydroxyl groups is 1. The summed E-state index contributed by atoms with van der Waals surface area (Å²) in [5.74, 6) is 0.497. The Morgan fingerprint density at radius 3 is 2.80 bits per heavy atom. The number of benzene rings is 1.